The van der Waals surface area contributed by atoms with Crippen LogP contribution in [0.4, 0.5) is 0 Å². The van der Waals surface area contributed by atoms with Crippen molar-refractivity contribution >= 4 is 38.9 Å². The monoisotopic (exact) mass is 355 g/mol. The first-order valence-corrected chi connectivity index (χ1v) is 8.69. The molecule has 1 nitrogen and oxygen atoms in total. The molecule has 19 heavy (non-hydrogen) atoms. The molecule has 3 rings (SSSR count). The van der Waals surface area contributed by atoms with Crippen LogP contribution in [0.2, 0.25) is 5.02 Å². The molecule has 0 aliphatic heterocycles. The molecule has 0 aromatic carbocycles. The van der Waals surface area contributed by atoms with Gasteiger partial charge in [0.1, 0.15) is 0 Å². The molecule has 0 saturated heterocycles. The highest BCUT2D eigenvalue weighted by Gasteiger charge is 2.18. The number of thiophene rings is 1. The third-order valence-corrected chi connectivity index (χ3v) is 6.39. The molecule has 0 fully saturated rings. The number of aromatic nitrogens is 1. The Morgan fingerprint density at radius 2 is 2.21 bits per heavy atom. The van der Waals surface area contributed by atoms with Crippen molar-refractivity contribution in [2.75, 3.05) is 0 Å². The standard InChI is InChI=1S/C15H15BrClNS/c16-12(7-10-5-6-18-9-13(10)17)15-8-11-3-1-2-4-14(11)19-15/h5-6,8-9,12H,1-4,7H2. The fourth-order valence-electron chi connectivity index (χ4n) is 2.53. The molecule has 1 aliphatic carbocycles. The summed E-state index contributed by atoms with van der Waals surface area (Å²) >= 11 is 12.0. The van der Waals surface area contributed by atoms with Gasteiger partial charge >= 0.3 is 0 Å². The van der Waals surface area contributed by atoms with Crippen LogP contribution in [0.15, 0.2) is 24.5 Å². The molecule has 0 N–H and O–H groups in total. The number of hydrogen-bond donors (Lipinski definition) is 0. The highest BCUT2D eigenvalue weighted by Crippen LogP contribution is 2.38. The van der Waals surface area contributed by atoms with Crippen molar-refractivity contribution in [1.29, 1.82) is 0 Å². The Morgan fingerprint density at radius 1 is 1.37 bits per heavy atom. The summed E-state index contributed by atoms with van der Waals surface area (Å²) in [5, 5.41) is 0.758. The highest BCUT2D eigenvalue weighted by molar-refractivity contribution is 9.09. The van der Waals surface area contributed by atoms with Crippen LogP contribution >= 0.6 is 38.9 Å². The minimum atomic E-state index is 0.350. The number of alkyl halides is 1. The summed E-state index contributed by atoms with van der Waals surface area (Å²) in [5.74, 6) is 0. The van der Waals surface area contributed by atoms with E-state index in [1.165, 1.54) is 30.6 Å². The van der Waals surface area contributed by atoms with Gasteiger partial charge in [0.15, 0.2) is 0 Å². The minimum Gasteiger partial charge on any atom is -0.263 e. The lowest BCUT2D eigenvalue weighted by atomic mass is 9.99. The first-order valence-electron chi connectivity index (χ1n) is 6.58. The van der Waals surface area contributed by atoms with Crippen LogP contribution in [0, 0.1) is 0 Å². The van der Waals surface area contributed by atoms with Gasteiger partial charge in [0, 0.05) is 22.1 Å². The van der Waals surface area contributed by atoms with Gasteiger partial charge in [0.2, 0.25) is 0 Å². The molecule has 0 radical (unpaired) electrons. The summed E-state index contributed by atoms with van der Waals surface area (Å²) in [6.07, 6.45) is 9.64. The Labute approximate surface area is 131 Å². The van der Waals surface area contributed by atoms with Gasteiger partial charge in [-0.25, -0.2) is 0 Å². The van der Waals surface area contributed by atoms with E-state index in [4.69, 9.17) is 11.6 Å². The summed E-state index contributed by atoms with van der Waals surface area (Å²) in [5.41, 5.74) is 2.72. The predicted molar refractivity (Wildman–Crippen MR) is 85.6 cm³/mol. The van der Waals surface area contributed by atoms with Gasteiger partial charge in [-0.1, -0.05) is 27.5 Å². The molecule has 0 amide bonds. The molecule has 100 valence electrons. The number of hydrogen-bond acceptors (Lipinski definition) is 2. The lowest BCUT2D eigenvalue weighted by molar-refractivity contribution is 0.697. The molecular weight excluding hydrogens is 342 g/mol. The van der Waals surface area contributed by atoms with Gasteiger partial charge in [-0.2, -0.15) is 0 Å². The molecule has 0 bridgehead atoms. The molecule has 2 aromatic rings. The van der Waals surface area contributed by atoms with Crippen molar-refractivity contribution in [3.63, 3.8) is 0 Å². The van der Waals surface area contributed by atoms with E-state index in [-0.39, 0.29) is 0 Å². The van der Waals surface area contributed by atoms with Crippen LogP contribution in [0.1, 0.15) is 38.6 Å². The maximum Gasteiger partial charge on any atom is 0.0621 e. The van der Waals surface area contributed by atoms with E-state index in [0.717, 1.165) is 17.0 Å². The van der Waals surface area contributed by atoms with E-state index in [1.807, 2.05) is 17.4 Å². The number of halogens is 2. The smallest absolute Gasteiger partial charge is 0.0621 e. The molecule has 0 saturated carbocycles. The first-order chi connectivity index (χ1) is 9.24. The van der Waals surface area contributed by atoms with E-state index < -0.39 is 0 Å². The lowest BCUT2D eigenvalue weighted by Crippen LogP contribution is -1.96. The fraction of sp³-hybridized carbons (Fsp3) is 0.400. The van der Waals surface area contributed by atoms with Gasteiger partial charge in [-0.05, 0) is 55.4 Å². The van der Waals surface area contributed by atoms with Crippen LogP contribution in [0.3, 0.4) is 0 Å². The van der Waals surface area contributed by atoms with Gasteiger partial charge in [0.25, 0.3) is 0 Å². The van der Waals surface area contributed by atoms with Crippen molar-refractivity contribution in [3.8, 4) is 0 Å². The summed E-state index contributed by atoms with van der Waals surface area (Å²) in [6.45, 7) is 0. The third kappa shape index (κ3) is 3.04. The summed E-state index contributed by atoms with van der Waals surface area (Å²) < 4.78 is 0. The van der Waals surface area contributed by atoms with E-state index in [2.05, 4.69) is 27.0 Å². The SMILES string of the molecule is Clc1cnccc1CC(Br)c1cc2c(s1)CCCC2. The zero-order valence-electron chi connectivity index (χ0n) is 10.5. The summed E-state index contributed by atoms with van der Waals surface area (Å²) in [7, 11) is 0. The molecule has 1 unspecified atom stereocenters. The Kier molecular flexibility index (Phi) is 4.25. The lowest BCUT2D eigenvalue weighted by Gasteiger charge is -2.08. The number of aryl methyl sites for hydroxylation is 2. The zero-order chi connectivity index (χ0) is 13.2. The quantitative estimate of drug-likeness (QED) is 0.675. The van der Waals surface area contributed by atoms with Crippen LogP contribution in [-0.2, 0) is 19.3 Å². The van der Waals surface area contributed by atoms with Gasteiger partial charge in [0.05, 0.1) is 9.85 Å². The normalized spacial score (nSPS) is 16.1. The second kappa shape index (κ2) is 5.94. The van der Waals surface area contributed by atoms with Gasteiger partial charge in [-0.15, -0.1) is 11.3 Å². The van der Waals surface area contributed by atoms with Gasteiger partial charge in [-0.3, -0.25) is 4.98 Å². The van der Waals surface area contributed by atoms with Crippen molar-refractivity contribution in [2.45, 2.75) is 36.9 Å². The average Bonchev–Trinajstić information content (AvgIpc) is 2.85. The number of nitrogens with zero attached hydrogens (tertiary/aromatic N) is 1. The molecule has 2 heterocycles. The maximum absolute atomic E-state index is 6.18. The molecule has 4 heteroatoms. The van der Waals surface area contributed by atoms with Crippen LogP contribution in [0.5, 0.6) is 0 Å². The largest absolute Gasteiger partial charge is 0.263 e. The maximum atomic E-state index is 6.18. The number of pyridine rings is 1. The van der Waals surface area contributed by atoms with Crippen molar-refractivity contribution in [3.05, 3.63) is 50.4 Å². The predicted octanol–water partition coefficient (Wildman–Crippen LogP) is 5.35. The zero-order valence-corrected chi connectivity index (χ0v) is 13.7. The Hall–Kier alpha value is -0.380. The number of rotatable bonds is 3. The molecule has 1 atom stereocenters. The third-order valence-electron chi connectivity index (χ3n) is 3.58. The van der Waals surface area contributed by atoms with E-state index in [1.54, 1.807) is 22.8 Å². The van der Waals surface area contributed by atoms with Crippen LogP contribution < -0.4 is 0 Å². The summed E-state index contributed by atoms with van der Waals surface area (Å²) in [4.78, 5) is 7.40. The topological polar surface area (TPSA) is 12.9 Å². The Morgan fingerprint density at radius 3 is 3.00 bits per heavy atom. The Bertz CT molecular complexity index is 558. The molecule has 1 aliphatic rings. The minimum absolute atomic E-state index is 0.350. The number of fused-ring (bicyclic) bond motifs is 1. The van der Waals surface area contributed by atoms with E-state index in [9.17, 15) is 0 Å². The second-order valence-electron chi connectivity index (χ2n) is 4.94. The Balaban J connectivity index is 1.79. The molecule has 2 aromatic heterocycles. The molecular formula is C15H15BrClNS. The first kappa shape index (κ1) is 13.6. The van der Waals surface area contributed by atoms with Crippen molar-refractivity contribution in [2.24, 2.45) is 0 Å². The van der Waals surface area contributed by atoms with E-state index >= 15 is 0 Å². The highest BCUT2D eigenvalue weighted by atomic mass is 79.9. The molecule has 0 spiro atoms. The second-order valence-corrected chi connectivity index (χ2v) is 7.62. The average molecular weight is 357 g/mol. The fourth-order valence-corrected chi connectivity index (χ4v) is 4.72. The van der Waals surface area contributed by atoms with Gasteiger partial charge < -0.3 is 0 Å². The summed E-state index contributed by atoms with van der Waals surface area (Å²) in [6, 6.07) is 4.39. The van der Waals surface area contributed by atoms with E-state index in [0.29, 0.717) is 4.83 Å². The van der Waals surface area contributed by atoms with Crippen molar-refractivity contribution < 1.29 is 0 Å². The van der Waals surface area contributed by atoms with Crippen LogP contribution in [0.25, 0.3) is 0 Å². The van der Waals surface area contributed by atoms with Crippen LogP contribution in [-0.4, -0.2) is 4.98 Å². The van der Waals surface area contributed by atoms with Crippen molar-refractivity contribution in [1.82, 2.24) is 4.98 Å².